The van der Waals surface area contributed by atoms with Crippen molar-refractivity contribution in [1.82, 2.24) is 9.97 Å². The summed E-state index contributed by atoms with van der Waals surface area (Å²) in [5.41, 5.74) is 3.52. The number of halogens is 1. The van der Waals surface area contributed by atoms with Crippen molar-refractivity contribution in [1.29, 1.82) is 0 Å². The number of rotatable bonds is 4. The van der Waals surface area contributed by atoms with Crippen LogP contribution in [0.1, 0.15) is 42.4 Å². The molecule has 2 aromatic rings. The van der Waals surface area contributed by atoms with Crippen LogP contribution in [0.4, 0.5) is 0 Å². The van der Waals surface area contributed by atoms with Crippen LogP contribution in [0.15, 0.2) is 36.5 Å². The van der Waals surface area contributed by atoms with Crippen molar-refractivity contribution in [3.63, 3.8) is 0 Å². The molecule has 1 aromatic heterocycles. The smallest absolute Gasteiger partial charge is 0.139 e. The molecule has 19 heavy (non-hydrogen) atoms. The molecule has 0 unspecified atom stereocenters. The zero-order valence-corrected chi connectivity index (χ0v) is 11.8. The van der Waals surface area contributed by atoms with Crippen LogP contribution in [-0.4, -0.2) is 9.97 Å². The van der Waals surface area contributed by atoms with Gasteiger partial charge in [-0.1, -0.05) is 37.3 Å². The molecule has 2 nitrogen and oxygen atoms in total. The Balaban J connectivity index is 2.03. The molecule has 3 rings (SSSR count). The Morgan fingerprint density at radius 1 is 1.21 bits per heavy atom. The van der Waals surface area contributed by atoms with Gasteiger partial charge in [-0.25, -0.2) is 9.97 Å². The number of hydrogen-bond donors (Lipinski definition) is 0. The topological polar surface area (TPSA) is 25.8 Å². The van der Waals surface area contributed by atoms with E-state index in [4.69, 9.17) is 16.6 Å². The second-order valence-corrected chi connectivity index (χ2v) is 5.37. The van der Waals surface area contributed by atoms with Crippen LogP contribution in [0, 0.1) is 0 Å². The number of aromatic nitrogens is 2. The van der Waals surface area contributed by atoms with E-state index in [0.29, 0.717) is 5.88 Å². The van der Waals surface area contributed by atoms with Crippen molar-refractivity contribution in [2.24, 2.45) is 0 Å². The van der Waals surface area contributed by atoms with Gasteiger partial charge in [0.1, 0.15) is 5.82 Å². The first-order valence-corrected chi connectivity index (χ1v) is 7.30. The molecule has 1 aliphatic rings. The van der Waals surface area contributed by atoms with Crippen molar-refractivity contribution in [3.8, 4) is 0 Å². The molecular formula is C16H17ClN2. The highest BCUT2D eigenvalue weighted by molar-refractivity contribution is 6.17. The Hall–Kier alpha value is -1.41. The molecule has 1 fully saturated rings. The van der Waals surface area contributed by atoms with E-state index in [2.05, 4.69) is 42.2 Å². The average Bonchev–Trinajstić information content (AvgIpc) is 3.29. The Bertz CT molecular complexity index is 577. The van der Waals surface area contributed by atoms with Gasteiger partial charge >= 0.3 is 0 Å². The van der Waals surface area contributed by atoms with Crippen LogP contribution < -0.4 is 0 Å². The lowest BCUT2D eigenvalue weighted by atomic mass is 9.95. The molecule has 0 amide bonds. The first-order chi connectivity index (χ1) is 9.30. The normalized spacial score (nSPS) is 16.3. The van der Waals surface area contributed by atoms with Crippen molar-refractivity contribution >= 4 is 11.6 Å². The monoisotopic (exact) mass is 272 g/mol. The van der Waals surface area contributed by atoms with E-state index >= 15 is 0 Å². The van der Waals surface area contributed by atoms with Crippen LogP contribution in [0.25, 0.3) is 0 Å². The maximum absolute atomic E-state index is 5.93. The van der Waals surface area contributed by atoms with Crippen LogP contribution >= 0.6 is 11.6 Å². The van der Waals surface area contributed by atoms with E-state index < -0.39 is 0 Å². The van der Waals surface area contributed by atoms with Gasteiger partial charge in [-0.05, 0) is 24.8 Å². The highest BCUT2D eigenvalue weighted by Crippen LogP contribution is 2.52. The maximum Gasteiger partial charge on any atom is 0.139 e. The number of nitrogens with zero attached hydrogens (tertiary/aromatic N) is 2. The lowest BCUT2D eigenvalue weighted by Crippen LogP contribution is -2.15. The van der Waals surface area contributed by atoms with Gasteiger partial charge in [-0.2, -0.15) is 0 Å². The molecule has 3 heteroatoms. The molecule has 0 atom stereocenters. The predicted octanol–water partition coefficient (Wildman–Crippen LogP) is 3.86. The van der Waals surface area contributed by atoms with E-state index in [9.17, 15) is 0 Å². The maximum atomic E-state index is 5.93. The molecule has 1 saturated carbocycles. The summed E-state index contributed by atoms with van der Waals surface area (Å²) in [7, 11) is 0. The van der Waals surface area contributed by atoms with Crippen LogP contribution in [0.2, 0.25) is 0 Å². The van der Waals surface area contributed by atoms with Crippen LogP contribution in [0.3, 0.4) is 0 Å². The zero-order valence-electron chi connectivity index (χ0n) is 11.1. The second-order valence-electron chi connectivity index (χ2n) is 5.10. The zero-order chi connectivity index (χ0) is 13.3. The number of hydrogen-bond acceptors (Lipinski definition) is 2. The van der Waals surface area contributed by atoms with Gasteiger partial charge in [0.2, 0.25) is 0 Å². The number of aryl methyl sites for hydroxylation is 1. The molecular weight excluding hydrogens is 256 g/mol. The quantitative estimate of drug-likeness (QED) is 0.790. The first-order valence-electron chi connectivity index (χ1n) is 6.77. The summed E-state index contributed by atoms with van der Waals surface area (Å²) >= 11 is 5.93. The lowest BCUT2D eigenvalue weighted by molar-refractivity contribution is 0.735. The van der Waals surface area contributed by atoms with Gasteiger partial charge in [0.25, 0.3) is 0 Å². The molecule has 0 aliphatic heterocycles. The Labute approximate surface area is 118 Å². The Morgan fingerprint density at radius 2 is 1.95 bits per heavy atom. The molecule has 0 spiro atoms. The summed E-state index contributed by atoms with van der Waals surface area (Å²) in [4.78, 5) is 9.35. The largest absolute Gasteiger partial charge is 0.240 e. The summed E-state index contributed by atoms with van der Waals surface area (Å²) in [5, 5.41) is 0. The van der Waals surface area contributed by atoms with Gasteiger partial charge in [0.15, 0.2) is 0 Å². The van der Waals surface area contributed by atoms with Crippen molar-refractivity contribution < 1.29 is 0 Å². The minimum absolute atomic E-state index is 0.0516. The predicted molar refractivity (Wildman–Crippen MR) is 77.4 cm³/mol. The minimum Gasteiger partial charge on any atom is -0.240 e. The molecule has 1 aliphatic carbocycles. The molecule has 0 bridgehead atoms. The SMILES string of the molecule is CCc1nc(C2(c3ccccc3)CC2)ncc1CCl. The van der Waals surface area contributed by atoms with Gasteiger partial charge < -0.3 is 0 Å². The van der Waals surface area contributed by atoms with E-state index in [0.717, 1.165) is 36.3 Å². The van der Waals surface area contributed by atoms with E-state index in [1.165, 1.54) is 5.56 Å². The molecule has 0 N–H and O–H groups in total. The van der Waals surface area contributed by atoms with E-state index in [-0.39, 0.29) is 5.41 Å². The van der Waals surface area contributed by atoms with E-state index in [1.807, 2.05) is 6.20 Å². The van der Waals surface area contributed by atoms with Crippen LogP contribution in [0.5, 0.6) is 0 Å². The van der Waals surface area contributed by atoms with Crippen molar-refractivity contribution in [3.05, 3.63) is 59.2 Å². The summed E-state index contributed by atoms with van der Waals surface area (Å²) in [6, 6.07) is 10.6. The molecule has 98 valence electrons. The van der Waals surface area contributed by atoms with Crippen LogP contribution in [-0.2, 0) is 17.7 Å². The van der Waals surface area contributed by atoms with E-state index in [1.54, 1.807) is 0 Å². The van der Waals surface area contributed by atoms with Crippen molar-refractivity contribution in [2.75, 3.05) is 0 Å². The molecule has 0 saturated heterocycles. The number of alkyl halides is 1. The summed E-state index contributed by atoms with van der Waals surface area (Å²) in [6.07, 6.45) is 5.08. The standard InChI is InChI=1S/C16H17ClN2/c1-2-14-12(10-17)11-18-15(19-14)16(8-9-16)13-6-4-3-5-7-13/h3-7,11H,2,8-10H2,1H3. The Kier molecular flexibility index (Phi) is 3.28. The Morgan fingerprint density at radius 3 is 2.53 bits per heavy atom. The van der Waals surface area contributed by atoms with Gasteiger partial charge in [-0.15, -0.1) is 11.6 Å². The fourth-order valence-corrected chi connectivity index (χ4v) is 2.84. The summed E-state index contributed by atoms with van der Waals surface area (Å²) < 4.78 is 0. The van der Waals surface area contributed by atoms with Gasteiger partial charge in [-0.3, -0.25) is 0 Å². The molecule has 0 radical (unpaired) electrons. The fourth-order valence-electron chi connectivity index (χ4n) is 2.61. The first kappa shape index (κ1) is 12.6. The summed E-state index contributed by atoms with van der Waals surface area (Å²) in [5.74, 6) is 1.45. The molecule has 1 heterocycles. The third kappa shape index (κ3) is 2.14. The average molecular weight is 273 g/mol. The van der Waals surface area contributed by atoms with Crippen molar-refractivity contribution in [2.45, 2.75) is 37.5 Å². The molecule has 1 aromatic carbocycles. The minimum atomic E-state index is 0.0516. The second kappa shape index (κ2) is 4.93. The lowest BCUT2D eigenvalue weighted by Gasteiger charge is -2.16. The fraction of sp³-hybridized carbons (Fsp3) is 0.375. The van der Waals surface area contributed by atoms with Gasteiger partial charge in [0.05, 0.1) is 11.3 Å². The highest BCUT2D eigenvalue weighted by Gasteiger charge is 2.48. The number of benzene rings is 1. The summed E-state index contributed by atoms with van der Waals surface area (Å²) in [6.45, 7) is 2.12. The van der Waals surface area contributed by atoms with Gasteiger partial charge in [0, 0.05) is 17.5 Å². The highest BCUT2D eigenvalue weighted by atomic mass is 35.5. The third-order valence-corrected chi connectivity index (χ3v) is 4.23. The third-order valence-electron chi connectivity index (χ3n) is 3.94.